The second kappa shape index (κ2) is 11.8. The Morgan fingerprint density at radius 3 is 2.32 bits per heavy atom. The van der Waals surface area contributed by atoms with E-state index in [1.807, 2.05) is 13.0 Å². The lowest BCUT2D eigenvalue weighted by atomic mass is 10.1. The zero-order valence-corrected chi connectivity index (χ0v) is 16.8. The summed E-state index contributed by atoms with van der Waals surface area (Å²) in [6.07, 6.45) is 1.44. The predicted octanol–water partition coefficient (Wildman–Crippen LogP) is 3.20. The standard InChI is InChI=1S/C20H25N3O4.ClH/c1-3-7-16(21)20(25)23-15-9-6-8-14(12-15)22-19(24)13-27-18-11-5-4-10-17(18)26-2;/h4-6,8-12,16H,3,7,13,21H2,1-2H3,(H,22,24)(H,23,25);1H. The number of ether oxygens (including phenoxy) is 2. The molecule has 0 bridgehead atoms. The molecule has 0 aliphatic heterocycles. The maximum Gasteiger partial charge on any atom is 0.262 e. The van der Waals surface area contributed by atoms with Crippen LogP contribution in [-0.2, 0) is 9.59 Å². The van der Waals surface area contributed by atoms with Gasteiger partial charge in [0, 0.05) is 11.4 Å². The summed E-state index contributed by atoms with van der Waals surface area (Å²) >= 11 is 0. The Labute approximate surface area is 171 Å². The Hall–Kier alpha value is -2.77. The number of anilines is 2. The largest absolute Gasteiger partial charge is 0.493 e. The van der Waals surface area contributed by atoms with Gasteiger partial charge in [-0.05, 0) is 36.8 Å². The molecule has 4 N–H and O–H groups in total. The number of carbonyl (C=O) groups is 2. The number of hydrogen-bond donors (Lipinski definition) is 3. The van der Waals surface area contributed by atoms with Crippen molar-refractivity contribution >= 4 is 35.6 Å². The molecule has 0 aliphatic rings. The first-order valence-electron chi connectivity index (χ1n) is 8.75. The van der Waals surface area contributed by atoms with Crippen molar-refractivity contribution in [2.75, 3.05) is 24.4 Å². The molecule has 7 nitrogen and oxygen atoms in total. The number of benzene rings is 2. The summed E-state index contributed by atoms with van der Waals surface area (Å²) in [4.78, 5) is 24.1. The zero-order valence-electron chi connectivity index (χ0n) is 15.9. The van der Waals surface area contributed by atoms with Gasteiger partial charge in [0.1, 0.15) is 0 Å². The van der Waals surface area contributed by atoms with Crippen molar-refractivity contribution < 1.29 is 19.1 Å². The summed E-state index contributed by atoms with van der Waals surface area (Å²) in [6.45, 7) is 1.80. The van der Waals surface area contributed by atoms with Gasteiger partial charge in [0.05, 0.1) is 13.2 Å². The minimum Gasteiger partial charge on any atom is -0.493 e. The van der Waals surface area contributed by atoms with E-state index >= 15 is 0 Å². The highest BCUT2D eigenvalue weighted by molar-refractivity contribution is 5.96. The van der Waals surface area contributed by atoms with Gasteiger partial charge in [0.25, 0.3) is 5.91 Å². The lowest BCUT2D eigenvalue weighted by molar-refractivity contribution is -0.118. The van der Waals surface area contributed by atoms with E-state index in [-0.39, 0.29) is 30.8 Å². The molecule has 152 valence electrons. The lowest BCUT2D eigenvalue weighted by Crippen LogP contribution is -2.35. The Kier molecular flexibility index (Phi) is 9.84. The Balaban J connectivity index is 0.00000392. The molecule has 1 unspecified atom stereocenters. The van der Waals surface area contributed by atoms with E-state index in [9.17, 15) is 9.59 Å². The minimum atomic E-state index is -0.553. The molecule has 0 aliphatic carbocycles. The van der Waals surface area contributed by atoms with Gasteiger partial charge in [-0.15, -0.1) is 12.4 Å². The van der Waals surface area contributed by atoms with Gasteiger partial charge in [0.15, 0.2) is 18.1 Å². The Bertz CT molecular complexity index is 786. The smallest absolute Gasteiger partial charge is 0.262 e. The highest BCUT2D eigenvalue weighted by Gasteiger charge is 2.13. The number of para-hydroxylation sites is 2. The van der Waals surface area contributed by atoms with Crippen LogP contribution in [0, 0.1) is 0 Å². The van der Waals surface area contributed by atoms with Crippen LogP contribution in [0.3, 0.4) is 0 Å². The van der Waals surface area contributed by atoms with Gasteiger partial charge in [-0.2, -0.15) is 0 Å². The quantitative estimate of drug-likeness (QED) is 0.592. The number of carbonyl (C=O) groups excluding carboxylic acids is 2. The van der Waals surface area contributed by atoms with E-state index in [2.05, 4.69) is 10.6 Å². The van der Waals surface area contributed by atoms with E-state index in [0.717, 1.165) is 6.42 Å². The molecule has 2 amide bonds. The van der Waals surface area contributed by atoms with Crippen LogP contribution in [0.4, 0.5) is 11.4 Å². The van der Waals surface area contributed by atoms with Crippen LogP contribution in [-0.4, -0.2) is 31.6 Å². The lowest BCUT2D eigenvalue weighted by Gasteiger charge is -2.13. The second-order valence-corrected chi connectivity index (χ2v) is 5.95. The molecule has 0 heterocycles. The average Bonchev–Trinajstić information content (AvgIpc) is 2.67. The summed E-state index contributed by atoms with van der Waals surface area (Å²) < 4.78 is 10.7. The molecule has 1 atom stereocenters. The number of nitrogens with one attached hydrogen (secondary N) is 2. The van der Waals surface area contributed by atoms with Crippen molar-refractivity contribution in [3.05, 3.63) is 48.5 Å². The van der Waals surface area contributed by atoms with Crippen LogP contribution in [0.2, 0.25) is 0 Å². The van der Waals surface area contributed by atoms with Gasteiger partial charge in [0.2, 0.25) is 5.91 Å². The van der Waals surface area contributed by atoms with Crippen molar-refractivity contribution in [2.45, 2.75) is 25.8 Å². The maximum atomic E-state index is 12.1. The Morgan fingerprint density at radius 1 is 1.04 bits per heavy atom. The van der Waals surface area contributed by atoms with E-state index in [1.54, 1.807) is 42.5 Å². The van der Waals surface area contributed by atoms with Crippen LogP contribution in [0.25, 0.3) is 0 Å². The summed E-state index contributed by atoms with van der Waals surface area (Å²) in [5, 5.41) is 5.48. The first-order chi connectivity index (χ1) is 13.0. The number of halogens is 1. The highest BCUT2D eigenvalue weighted by Crippen LogP contribution is 2.25. The fourth-order valence-electron chi connectivity index (χ4n) is 2.43. The number of methoxy groups -OCH3 is 1. The van der Waals surface area contributed by atoms with Crippen LogP contribution in [0.15, 0.2) is 48.5 Å². The summed E-state index contributed by atoms with van der Waals surface area (Å²) in [7, 11) is 1.54. The molecule has 0 spiro atoms. The van der Waals surface area contributed by atoms with Gasteiger partial charge in [-0.1, -0.05) is 31.5 Å². The SMILES string of the molecule is CCCC(N)C(=O)Nc1cccc(NC(=O)COc2ccccc2OC)c1.Cl. The van der Waals surface area contributed by atoms with Crippen LogP contribution in [0.5, 0.6) is 11.5 Å². The second-order valence-electron chi connectivity index (χ2n) is 5.95. The van der Waals surface area contributed by atoms with E-state index in [0.29, 0.717) is 29.3 Å². The monoisotopic (exact) mass is 407 g/mol. The predicted molar refractivity (Wildman–Crippen MR) is 112 cm³/mol. The van der Waals surface area contributed by atoms with Crippen molar-refractivity contribution in [3.8, 4) is 11.5 Å². The van der Waals surface area contributed by atoms with E-state index in [1.165, 1.54) is 7.11 Å². The number of amides is 2. The van der Waals surface area contributed by atoms with Crippen LogP contribution in [0.1, 0.15) is 19.8 Å². The normalized spacial score (nSPS) is 11.0. The number of rotatable bonds is 9. The molecule has 0 aromatic heterocycles. The van der Waals surface area contributed by atoms with E-state index in [4.69, 9.17) is 15.2 Å². The molecule has 0 radical (unpaired) electrons. The molecule has 2 aromatic rings. The topological polar surface area (TPSA) is 103 Å². The molecule has 2 aromatic carbocycles. The average molecular weight is 408 g/mol. The third-order valence-electron chi connectivity index (χ3n) is 3.78. The third-order valence-corrected chi connectivity index (χ3v) is 3.78. The molecular weight excluding hydrogens is 382 g/mol. The summed E-state index contributed by atoms with van der Waals surface area (Å²) in [5.41, 5.74) is 6.92. The summed E-state index contributed by atoms with van der Waals surface area (Å²) in [6, 6.07) is 13.4. The first-order valence-corrected chi connectivity index (χ1v) is 8.75. The Morgan fingerprint density at radius 2 is 1.68 bits per heavy atom. The summed E-state index contributed by atoms with van der Waals surface area (Å²) in [5.74, 6) is 0.464. The first kappa shape index (κ1) is 23.3. The fraction of sp³-hybridized carbons (Fsp3) is 0.300. The molecule has 2 rings (SSSR count). The molecule has 28 heavy (non-hydrogen) atoms. The third kappa shape index (κ3) is 7.09. The van der Waals surface area contributed by atoms with Gasteiger partial charge < -0.3 is 25.8 Å². The zero-order chi connectivity index (χ0) is 19.6. The highest BCUT2D eigenvalue weighted by atomic mass is 35.5. The van der Waals surface area contributed by atoms with Crippen LogP contribution >= 0.6 is 12.4 Å². The molecular formula is C20H26ClN3O4. The van der Waals surface area contributed by atoms with Crippen LogP contribution < -0.4 is 25.8 Å². The van der Waals surface area contributed by atoms with Crippen molar-refractivity contribution in [3.63, 3.8) is 0 Å². The molecule has 0 saturated carbocycles. The van der Waals surface area contributed by atoms with Crippen molar-refractivity contribution in [1.29, 1.82) is 0 Å². The van der Waals surface area contributed by atoms with Crippen molar-refractivity contribution in [2.24, 2.45) is 5.73 Å². The molecule has 0 saturated heterocycles. The fourth-order valence-corrected chi connectivity index (χ4v) is 2.43. The van der Waals surface area contributed by atoms with Crippen molar-refractivity contribution in [1.82, 2.24) is 0 Å². The maximum absolute atomic E-state index is 12.1. The number of hydrogen-bond acceptors (Lipinski definition) is 5. The van der Waals surface area contributed by atoms with Gasteiger partial charge in [-0.3, -0.25) is 9.59 Å². The van der Waals surface area contributed by atoms with Gasteiger partial charge in [-0.25, -0.2) is 0 Å². The van der Waals surface area contributed by atoms with Gasteiger partial charge >= 0.3 is 0 Å². The number of nitrogens with two attached hydrogens (primary N) is 1. The van der Waals surface area contributed by atoms with E-state index < -0.39 is 6.04 Å². The molecule has 0 fully saturated rings. The molecule has 8 heteroatoms. The minimum absolute atomic E-state index is 0.